The Bertz CT molecular complexity index is 384. The number of halogens is 1. The number of nitrogens with one attached hydrogen (secondary N) is 1. The highest BCUT2D eigenvalue weighted by molar-refractivity contribution is 9.10. The number of amides is 2. The normalized spacial score (nSPS) is 9.75. The summed E-state index contributed by atoms with van der Waals surface area (Å²) < 4.78 is 6.14. The van der Waals surface area contributed by atoms with Gasteiger partial charge in [-0.2, -0.15) is 0 Å². The van der Waals surface area contributed by atoms with Crippen molar-refractivity contribution in [3.8, 4) is 5.75 Å². The van der Waals surface area contributed by atoms with Crippen LogP contribution in [0.2, 0.25) is 0 Å². The van der Waals surface area contributed by atoms with Gasteiger partial charge in [0, 0.05) is 17.1 Å². The number of hydrogen-bond donors (Lipinski definition) is 2. The maximum atomic E-state index is 11.2. The third-order valence-electron chi connectivity index (χ3n) is 2.12. The maximum absolute atomic E-state index is 11.2. The quantitative estimate of drug-likeness (QED) is 0.503. The van der Waals surface area contributed by atoms with Crippen LogP contribution in [0.15, 0.2) is 22.7 Å². The molecule has 0 aliphatic heterocycles. The summed E-state index contributed by atoms with van der Waals surface area (Å²) in [6.45, 7) is 0.422. The zero-order chi connectivity index (χ0) is 12.1. The number of ether oxygens (including phenoxy) is 1. The molecule has 0 spiro atoms. The molecule has 3 N–H and O–H groups in total. The van der Waals surface area contributed by atoms with Gasteiger partial charge >= 0.3 is 6.03 Å². The van der Waals surface area contributed by atoms with E-state index < -0.39 is 0 Å². The third kappa shape index (κ3) is 3.11. The lowest BCUT2D eigenvalue weighted by Crippen LogP contribution is -2.40. The molecule has 16 heavy (non-hydrogen) atoms. The Morgan fingerprint density at radius 2 is 2.31 bits per heavy atom. The van der Waals surface area contributed by atoms with Crippen LogP contribution in [0.4, 0.5) is 4.79 Å². The van der Waals surface area contributed by atoms with Crippen LogP contribution in [0.3, 0.4) is 0 Å². The van der Waals surface area contributed by atoms with Crippen molar-refractivity contribution in [1.29, 1.82) is 0 Å². The van der Waals surface area contributed by atoms with Crippen molar-refractivity contribution in [1.82, 2.24) is 10.3 Å². The lowest BCUT2D eigenvalue weighted by molar-refractivity contribution is 0.206. The van der Waals surface area contributed by atoms with Gasteiger partial charge in [-0.05, 0) is 18.2 Å². The van der Waals surface area contributed by atoms with Gasteiger partial charge < -0.3 is 9.64 Å². The minimum Gasteiger partial charge on any atom is -0.496 e. The number of benzene rings is 1. The number of methoxy groups -OCH3 is 1. The summed E-state index contributed by atoms with van der Waals surface area (Å²) in [7, 11) is 3.25. The van der Waals surface area contributed by atoms with Crippen molar-refractivity contribution in [2.75, 3.05) is 14.2 Å². The number of rotatable bonds is 3. The summed E-state index contributed by atoms with van der Waals surface area (Å²) in [6, 6.07) is 5.28. The minimum absolute atomic E-state index is 0.345. The number of nitrogens with two attached hydrogens (primary N) is 1. The van der Waals surface area contributed by atoms with E-state index in [0.29, 0.717) is 6.54 Å². The highest BCUT2D eigenvalue weighted by Crippen LogP contribution is 2.23. The summed E-state index contributed by atoms with van der Waals surface area (Å²) in [6.07, 6.45) is 0. The average Bonchev–Trinajstić information content (AvgIpc) is 2.28. The molecule has 0 saturated carbocycles. The molecule has 0 heterocycles. The van der Waals surface area contributed by atoms with E-state index in [1.807, 2.05) is 18.2 Å². The van der Waals surface area contributed by atoms with Crippen LogP contribution in [0, 0.1) is 0 Å². The van der Waals surface area contributed by atoms with Crippen LogP contribution in [-0.2, 0) is 6.54 Å². The van der Waals surface area contributed by atoms with Crippen molar-refractivity contribution in [3.63, 3.8) is 0 Å². The second-order valence-corrected chi connectivity index (χ2v) is 4.18. The SMILES string of the molecule is COc1ccc(Br)cc1CN(C)C(=O)NN. The number of hydrazine groups is 1. The maximum Gasteiger partial charge on any atom is 0.331 e. The largest absolute Gasteiger partial charge is 0.496 e. The Balaban J connectivity index is 2.86. The predicted octanol–water partition coefficient (Wildman–Crippen LogP) is 1.47. The van der Waals surface area contributed by atoms with Crippen molar-refractivity contribution < 1.29 is 9.53 Å². The molecule has 0 aliphatic rings. The van der Waals surface area contributed by atoms with Crippen LogP contribution >= 0.6 is 15.9 Å². The molecule has 0 bridgehead atoms. The Morgan fingerprint density at radius 3 is 2.88 bits per heavy atom. The van der Waals surface area contributed by atoms with Crippen LogP contribution < -0.4 is 16.0 Å². The van der Waals surface area contributed by atoms with E-state index in [0.717, 1.165) is 15.8 Å². The Morgan fingerprint density at radius 1 is 1.62 bits per heavy atom. The van der Waals surface area contributed by atoms with Gasteiger partial charge in [0.15, 0.2) is 0 Å². The molecule has 88 valence electrons. The number of carbonyl (C=O) groups excluding carboxylic acids is 1. The summed E-state index contributed by atoms with van der Waals surface area (Å²) in [5, 5.41) is 0. The van der Waals surface area contributed by atoms with Gasteiger partial charge in [-0.1, -0.05) is 15.9 Å². The van der Waals surface area contributed by atoms with Crippen molar-refractivity contribution in [3.05, 3.63) is 28.2 Å². The molecule has 0 aliphatic carbocycles. The summed E-state index contributed by atoms with van der Waals surface area (Å²) >= 11 is 3.37. The Labute approximate surface area is 103 Å². The molecule has 0 atom stereocenters. The smallest absolute Gasteiger partial charge is 0.331 e. The number of urea groups is 1. The molecular weight excluding hydrogens is 274 g/mol. The van der Waals surface area contributed by atoms with Gasteiger partial charge in [-0.3, -0.25) is 5.43 Å². The molecule has 5 nitrogen and oxygen atoms in total. The second-order valence-electron chi connectivity index (χ2n) is 3.26. The lowest BCUT2D eigenvalue weighted by atomic mass is 10.2. The van der Waals surface area contributed by atoms with Gasteiger partial charge in [0.05, 0.1) is 13.7 Å². The zero-order valence-corrected chi connectivity index (χ0v) is 10.7. The number of carbonyl (C=O) groups is 1. The molecule has 1 rings (SSSR count). The van der Waals surface area contributed by atoms with Crippen LogP contribution in [0.1, 0.15) is 5.56 Å². The molecule has 0 unspecified atom stereocenters. The van der Waals surface area contributed by atoms with Crippen molar-refractivity contribution >= 4 is 22.0 Å². The standard InChI is InChI=1S/C10H14BrN3O2/c1-14(10(15)13-12)6-7-5-8(11)3-4-9(7)16-2/h3-5H,6,12H2,1-2H3,(H,13,15). The summed E-state index contributed by atoms with van der Waals surface area (Å²) in [5.41, 5.74) is 2.98. The third-order valence-corrected chi connectivity index (χ3v) is 2.61. The van der Waals surface area contributed by atoms with E-state index in [-0.39, 0.29) is 6.03 Å². The van der Waals surface area contributed by atoms with Crippen LogP contribution in [0.5, 0.6) is 5.75 Å². The van der Waals surface area contributed by atoms with Gasteiger partial charge in [0.25, 0.3) is 0 Å². The lowest BCUT2D eigenvalue weighted by Gasteiger charge is -2.18. The predicted molar refractivity (Wildman–Crippen MR) is 64.9 cm³/mol. The Hall–Kier alpha value is -1.27. The molecule has 1 aromatic carbocycles. The highest BCUT2D eigenvalue weighted by atomic mass is 79.9. The molecule has 0 radical (unpaired) electrons. The number of nitrogens with zero attached hydrogens (tertiary/aromatic N) is 1. The molecule has 6 heteroatoms. The first-order valence-corrected chi connectivity index (χ1v) is 5.42. The monoisotopic (exact) mass is 287 g/mol. The van der Waals surface area contributed by atoms with Crippen molar-refractivity contribution in [2.45, 2.75) is 6.54 Å². The first kappa shape index (κ1) is 12.8. The second kappa shape index (κ2) is 5.72. The van der Waals surface area contributed by atoms with Gasteiger partial charge in [0.1, 0.15) is 5.75 Å². The topological polar surface area (TPSA) is 67.6 Å². The molecule has 0 fully saturated rings. The molecule has 1 aromatic rings. The van der Waals surface area contributed by atoms with E-state index in [1.165, 1.54) is 4.90 Å². The van der Waals surface area contributed by atoms with Gasteiger partial charge in [0.2, 0.25) is 0 Å². The zero-order valence-electron chi connectivity index (χ0n) is 9.16. The first-order valence-electron chi connectivity index (χ1n) is 4.62. The van der Waals surface area contributed by atoms with E-state index in [2.05, 4.69) is 21.4 Å². The van der Waals surface area contributed by atoms with E-state index in [1.54, 1.807) is 14.2 Å². The van der Waals surface area contributed by atoms with Crippen molar-refractivity contribution in [2.24, 2.45) is 5.84 Å². The fraction of sp³-hybridized carbons (Fsp3) is 0.300. The molecule has 0 aromatic heterocycles. The molecular formula is C10H14BrN3O2. The van der Waals surface area contributed by atoms with Gasteiger partial charge in [-0.15, -0.1) is 0 Å². The Kier molecular flexibility index (Phi) is 4.57. The minimum atomic E-state index is -0.345. The van der Waals surface area contributed by atoms with Crippen LogP contribution in [-0.4, -0.2) is 25.1 Å². The van der Waals surface area contributed by atoms with Gasteiger partial charge in [-0.25, -0.2) is 10.6 Å². The fourth-order valence-corrected chi connectivity index (χ4v) is 1.72. The highest BCUT2D eigenvalue weighted by Gasteiger charge is 2.10. The van der Waals surface area contributed by atoms with E-state index in [4.69, 9.17) is 10.6 Å². The molecule has 0 saturated heterocycles. The summed E-state index contributed by atoms with van der Waals surface area (Å²) in [4.78, 5) is 12.7. The fourth-order valence-electron chi connectivity index (χ4n) is 1.31. The first-order chi connectivity index (χ1) is 7.58. The summed E-state index contributed by atoms with van der Waals surface area (Å²) in [5.74, 6) is 5.78. The van der Waals surface area contributed by atoms with E-state index in [9.17, 15) is 4.79 Å². The number of hydrogen-bond acceptors (Lipinski definition) is 3. The molecule has 2 amide bonds. The average molecular weight is 288 g/mol. The van der Waals surface area contributed by atoms with E-state index >= 15 is 0 Å². The van der Waals surface area contributed by atoms with Crippen LogP contribution in [0.25, 0.3) is 0 Å².